The van der Waals surface area contributed by atoms with Crippen LogP contribution in [0.3, 0.4) is 0 Å². The molecule has 2 aromatic rings. The first-order chi connectivity index (χ1) is 6.92. The van der Waals surface area contributed by atoms with Crippen molar-refractivity contribution in [3.8, 4) is 5.88 Å². The molecule has 2 heterocycles. The van der Waals surface area contributed by atoms with Gasteiger partial charge in [0.1, 0.15) is 6.61 Å². The van der Waals surface area contributed by atoms with E-state index in [1.165, 1.54) is 4.52 Å². The summed E-state index contributed by atoms with van der Waals surface area (Å²) in [5.74, 6) is 0.544. The van der Waals surface area contributed by atoms with Gasteiger partial charge in [0.05, 0.1) is 12.4 Å². The van der Waals surface area contributed by atoms with Crippen molar-refractivity contribution in [3.05, 3.63) is 12.4 Å². The average Bonchev–Trinajstić information content (AvgIpc) is 2.67. The standard InChI is InChI=1S/C7H10N6O/c1-8-2-3-14-7-5-9-4-6-10-11-12-13(6)7/h4-5,8H,2-3H2,1H3. The third kappa shape index (κ3) is 1.62. The second-order valence-electron chi connectivity index (χ2n) is 2.65. The van der Waals surface area contributed by atoms with E-state index in [1.54, 1.807) is 12.4 Å². The highest BCUT2D eigenvalue weighted by atomic mass is 16.5. The maximum Gasteiger partial charge on any atom is 0.237 e. The summed E-state index contributed by atoms with van der Waals surface area (Å²) in [5.41, 5.74) is 0.576. The van der Waals surface area contributed by atoms with E-state index in [0.717, 1.165) is 6.54 Å². The number of nitrogens with one attached hydrogen (secondary N) is 1. The number of ether oxygens (including phenoxy) is 1. The van der Waals surface area contributed by atoms with Gasteiger partial charge in [-0.3, -0.25) is 4.98 Å². The molecule has 0 amide bonds. The molecule has 7 nitrogen and oxygen atoms in total. The minimum atomic E-state index is 0.544. The molecule has 0 bridgehead atoms. The summed E-state index contributed by atoms with van der Waals surface area (Å²) < 4.78 is 6.92. The van der Waals surface area contributed by atoms with Crippen LogP contribution >= 0.6 is 0 Å². The van der Waals surface area contributed by atoms with Gasteiger partial charge in [0.2, 0.25) is 11.5 Å². The maximum atomic E-state index is 5.41. The van der Waals surface area contributed by atoms with E-state index in [9.17, 15) is 0 Å². The van der Waals surface area contributed by atoms with Crippen LogP contribution in [0.1, 0.15) is 0 Å². The topological polar surface area (TPSA) is 77.2 Å². The number of nitrogens with zero attached hydrogens (tertiary/aromatic N) is 5. The monoisotopic (exact) mass is 194 g/mol. The fraction of sp³-hybridized carbons (Fsp3) is 0.429. The van der Waals surface area contributed by atoms with Crippen LogP contribution in [-0.2, 0) is 0 Å². The van der Waals surface area contributed by atoms with E-state index in [-0.39, 0.29) is 0 Å². The zero-order valence-corrected chi connectivity index (χ0v) is 7.71. The SMILES string of the molecule is CNCCOc1cncc2nnnn12. The Morgan fingerprint density at radius 3 is 3.29 bits per heavy atom. The van der Waals surface area contributed by atoms with E-state index in [2.05, 4.69) is 25.8 Å². The zero-order valence-electron chi connectivity index (χ0n) is 7.71. The summed E-state index contributed by atoms with van der Waals surface area (Å²) in [6, 6.07) is 0. The Morgan fingerprint density at radius 2 is 2.43 bits per heavy atom. The molecule has 0 saturated carbocycles. The van der Waals surface area contributed by atoms with E-state index in [0.29, 0.717) is 18.1 Å². The molecule has 0 spiro atoms. The first-order valence-electron chi connectivity index (χ1n) is 4.21. The van der Waals surface area contributed by atoms with Gasteiger partial charge in [0.25, 0.3) is 0 Å². The molecule has 14 heavy (non-hydrogen) atoms. The lowest BCUT2D eigenvalue weighted by molar-refractivity contribution is 0.296. The normalized spacial score (nSPS) is 10.6. The molecule has 0 aliphatic carbocycles. The van der Waals surface area contributed by atoms with Gasteiger partial charge in [-0.25, -0.2) is 0 Å². The third-order valence-corrected chi connectivity index (χ3v) is 1.68. The van der Waals surface area contributed by atoms with Gasteiger partial charge in [-0.2, -0.15) is 4.52 Å². The number of likely N-dealkylation sites (N-methyl/N-ethyl adjacent to an activating group) is 1. The predicted molar refractivity (Wildman–Crippen MR) is 48.0 cm³/mol. The van der Waals surface area contributed by atoms with Crippen molar-refractivity contribution in [2.45, 2.75) is 0 Å². The van der Waals surface area contributed by atoms with Crippen molar-refractivity contribution < 1.29 is 4.74 Å². The van der Waals surface area contributed by atoms with Gasteiger partial charge >= 0.3 is 0 Å². The van der Waals surface area contributed by atoms with Crippen molar-refractivity contribution >= 4 is 5.65 Å². The Kier molecular flexibility index (Phi) is 2.50. The Morgan fingerprint density at radius 1 is 1.50 bits per heavy atom. The molecule has 0 unspecified atom stereocenters. The molecule has 2 rings (SSSR count). The van der Waals surface area contributed by atoms with Crippen LogP contribution in [-0.4, -0.2) is 45.2 Å². The van der Waals surface area contributed by atoms with Crippen LogP contribution in [0.25, 0.3) is 5.65 Å². The fourth-order valence-corrected chi connectivity index (χ4v) is 1.01. The van der Waals surface area contributed by atoms with Gasteiger partial charge in [-0.15, -0.1) is 5.10 Å². The van der Waals surface area contributed by atoms with Crippen LogP contribution in [0.4, 0.5) is 0 Å². The highest BCUT2D eigenvalue weighted by Crippen LogP contribution is 2.07. The predicted octanol–water partition coefficient (Wildman–Crippen LogP) is -0.883. The van der Waals surface area contributed by atoms with Crippen LogP contribution in [0.2, 0.25) is 0 Å². The summed E-state index contributed by atoms with van der Waals surface area (Å²) in [5, 5.41) is 14.0. The number of hydrogen-bond donors (Lipinski definition) is 1. The van der Waals surface area contributed by atoms with Crippen molar-refractivity contribution in [1.29, 1.82) is 0 Å². The van der Waals surface area contributed by atoms with Crippen LogP contribution in [0.5, 0.6) is 5.88 Å². The Bertz CT molecular complexity index is 413. The Labute approximate surface area is 80.1 Å². The molecule has 0 aliphatic rings. The summed E-state index contributed by atoms with van der Waals surface area (Å²) in [6.45, 7) is 1.32. The van der Waals surface area contributed by atoms with Crippen LogP contribution in [0, 0.1) is 0 Å². The van der Waals surface area contributed by atoms with Crippen molar-refractivity contribution in [2.24, 2.45) is 0 Å². The second kappa shape index (κ2) is 3.97. The van der Waals surface area contributed by atoms with Gasteiger partial charge in [0.15, 0.2) is 0 Å². The smallest absolute Gasteiger partial charge is 0.237 e. The van der Waals surface area contributed by atoms with E-state index in [1.807, 2.05) is 7.05 Å². The van der Waals surface area contributed by atoms with E-state index < -0.39 is 0 Å². The van der Waals surface area contributed by atoms with Crippen LogP contribution < -0.4 is 10.1 Å². The fourth-order valence-electron chi connectivity index (χ4n) is 1.01. The van der Waals surface area contributed by atoms with Gasteiger partial charge in [-0.05, 0) is 17.5 Å². The van der Waals surface area contributed by atoms with Gasteiger partial charge < -0.3 is 10.1 Å². The molecular formula is C7H10N6O. The first kappa shape index (κ1) is 8.82. The second-order valence-corrected chi connectivity index (χ2v) is 2.65. The number of hydrogen-bond acceptors (Lipinski definition) is 6. The molecule has 74 valence electrons. The molecule has 0 atom stereocenters. The number of rotatable bonds is 4. The molecule has 7 heteroatoms. The summed E-state index contributed by atoms with van der Waals surface area (Å²) >= 11 is 0. The van der Waals surface area contributed by atoms with Gasteiger partial charge in [0, 0.05) is 6.54 Å². The minimum absolute atomic E-state index is 0.544. The highest BCUT2D eigenvalue weighted by molar-refractivity contribution is 5.33. The van der Waals surface area contributed by atoms with Crippen molar-refractivity contribution in [3.63, 3.8) is 0 Å². The highest BCUT2D eigenvalue weighted by Gasteiger charge is 2.03. The van der Waals surface area contributed by atoms with Crippen LogP contribution in [0.15, 0.2) is 12.4 Å². The van der Waals surface area contributed by atoms with E-state index in [4.69, 9.17) is 4.74 Å². The first-order valence-corrected chi connectivity index (χ1v) is 4.21. The molecule has 0 radical (unpaired) electrons. The quantitative estimate of drug-likeness (QED) is 0.637. The lowest BCUT2D eigenvalue weighted by Gasteiger charge is -2.04. The van der Waals surface area contributed by atoms with Gasteiger partial charge in [-0.1, -0.05) is 0 Å². The molecule has 0 saturated heterocycles. The number of tetrazole rings is 1. The Hall–Kier alpha value is -1.76. The molecule has 0 fully saturated rings. The third-order valence-electron chi connectivity index (χ3n) is 1.68. The lowest BCUT2D eigenvalue weighted by atomic mass is 10.6. The largest absolute Gasteiger partial charge is 0.475 e. The molecular weight excluding hydrogens is 184 g/mol. The molecule has 2 aromatic heterocycles. The summed E-state index contributed by atoms with van der Waals surface area (Å²) in [7, 11) is 1.86. The Balaban J connectivity index is 2.19. The number of fused-ring (bicyclic) bond motifs is 1. The molecule has 0 aliphatic heterocycles. The maximum absolute atomic E-state index is 5.41. The van der Waals surface area contributed by atoms with Crippen molar-refractivity contribution in [2.75, 3.05) is 20.2 Å². The summed E-state index contributed by atoms with van der Waals surface area (Å²) in [6.07, 6.45) is 3.16. The average molecular weight is 194 g/mol. The lowest BCUT2D eigenvalue weighted by Crippen LogP contribution is -2.17. The van der Waals surface area contributed by atoms with Crippen molar-refractivity contribution in [1.82, 2.24) is 30.3 Å². The van der Waals surface area contributed by atoms with E-state index >= 15 is 0 Å². The number of aromatic nitrogens is 5. The minimum Gasteiger partial charge on any atom is -0.475 e. The molecule has 1 N–H and O–H groups in total. The zero-order chi connectivity index (χ0) is 9.80. The molecule has 0 aromatic carbocycles. The summed E-state index contributed by atoms with van der Waals surface area (Å²) in [4.78, 5) is 3.96.